The molecule has 0 bridgehead atoms. The quantitative estimate of drug-likeness (QED) is 0.502. The van der Waals surface area contributed by atoms with Crippen LogP contribution in [0.3, 0.4) is 0 Å². The highest BCUT2D eigenvalue weighted by Gasteiger charge is 2.30. The van der Waals surface area contributed by atoms with E-state index < -0.39 is 23.5 Å². The van der Waals surface area contributed by atoms with Crippen LogP contribution in [-0.2, 0) is 20.8 Å². The van der Waals surface area contributed by atoms with Crippen LogP contribution in [0.25, 0.3) is 10.9 Å². The number of aromatic nitrogens is 2. The molecule has 4 rings (SSSR count). The van der Waals surface area contributed by atoms with E-state index in [0.29, 0.717) is 11.3 Å². The number of hydrogen-bond acceptors (Lipinski definition) is 6. The number of carboxylic acids is 1. The van der Waals surface area contributed by atoms with Gasteiger partial charge in [0.1, 0.15) is 17.4 Å². The molecule has 0 aliphatic carbocycles. The number of hydrogen-bond donors (Lipinski definition) is 3. The van der Waals surface area contributed by atoms with E-state index in [0.717, 1.165) is 0 Å². The lowest BCUT2D eigenvalue weighted by molar-refractivity contribution is -0.135. The van der Waals surface area contributed by atoms with Gasteiger partial charge in [0.2, 0.25) is 17.7 Å². The Labute approximate surface area is 187 Å². The molecule has 0 radical (unpaired) electrons. The van der Waals surface area contributed by atoms with Gasteiger partial charge in [0.25, 0.3) is 5.56 Å². The molecule has 1 fully saturated rings. The molecule has 3 amide bonds. The molecule has 168 valence electrons. The fourth-order valence-electron chi connectivity index (χ4n) is 3.87. The van der Waals surface area contributed by atoms with E-state index in [-0.39, 0.29) is 53.4 Å². The van der Waals surface area contributed by atoms with Gasteiger partial charge in [0, 0.05) is 6.42 Å². The van der Waals surface area contributed by atoms with Gasteiger partial charge in [0.15, 0.2) is 0 Å². The van der Waals surface area contributed by atoms with Crippen LogP contribution in [0.5, 0.6) is 0 Å². The highest BCUT2D eigenvalue weighted by atomic mass is 16.4. The predicted octanol–water partition coefficient (Wildman–Crippen LogP) is 1.56. The molecule has 33 heavy (non-hydrogen) atoms. The summed E-state index contributed by atoms with van der Waals surface area (Å²) >= 11 is 0. The number of piperidine rings is 1. The number of imide groups is 1. The number of amides is 3. The number of carboxylic acid groups (broad SMARTS) is 1. The number of fused-ring (bicyclic) bond motifs is 1. The van der Waals surface area contributed by atoms with Gasteiger partial charge < -0.3 is 10.4 Å². The number of aryl methyl sites for hydroxylation is 1. The number of nitrogens with one attached hydrogen (secondary N) is 2. The second kappa shape index (κ2) is 8.65. The van der Waals surface area contributed by atoms with Crippen LogP contribution in [0.1, 0.15) is 40.6 Å². The van der Waals surface area contributed by atoms with Crippen molar-refractivity contribution in [3.63, 3.8) is 0 Å². The molecule has 10 heteroatoms. The van der Waals surface area contributed by atoms with Crippen molar-refractivity contribution in [3.05, 3.63) is 69.8 Å². The first kappa shape index (κ1) is 21.9. The van der Waals surface area contributed by atoms with Crippen LogP contribution in [0.15, 0.2) is 47.3 Å². The lowest BCUT2D eigenvalue weighted by atomic mass is 10.1. The number of aromatic carboxylic acids is 1. The molecular formula is C23H20N4O6. The van der Waals surface area contributed by atoms with Crippen molar-refractivity contribution in [2.45, 2.75) is 32.2 Å². The molecule has 2 heterocycles. The maximum absolute atomic E-state index is 13.2. The van der Waals surface area contributed by atoms with Crippen molar-refractivity contribution in [3.8, 4) is 0 Å². The molecule has 2 aromatic carbocycles. The molecule has 3 aromatic rings. The van der Waals surface area contributed by atoms with Gasteiger partial charge in [-0.1, -0.05) is 18.2 Å². The fourth-order valence-corrected chi connectivity index (χ4v) is 3.87. The van der Waals surface area contributed by atoms with Gasteiger partial charge >= 0.3 is 5.97 Å². The van der Waals surface area contributed by atoms with E-state index in [1.807, 2.05) is 0 Å². The Morgan fingerprint density at radius 2 is 1.88 bits per heavy atom. The molecule has 1 saturated heterocycles. The molecule has 1 aliphatic heterocycles. The summed E-state index contributed by atoms with van der Waals surface area (Å²) in [5.74, 6) is -2.05. The van der Waals surface area contributed by atoms with Crippen molar-refractivity contribution in [2.75, 3.05) is 5.32 Å². The second-order valence-corrected chi connectivity index (χ2v) is 7.73. The standard InChI is InChI=1S/C23H20N4O6/c1-12-24-20-15(22(31)27(12)17-9-10-18(28)26-21(17)30)3-2-4-16(20)25-19(29)11-13-5-7-14(8-6-13)23(32)33/h2-8,17H,9-11H2,1H3,(H,25,29)(H,32,33)(H,26,28,30). The van der Waals surface area contributed by atoms with Crippen LogP contribution >= 0.6 is 0 Å². The van der Waals surface area contributed by atoms with Crippen LogP contribution in [-0.4, -0.2) is 38.3 Å². The summed E-state index contributed by atoms with van der Waals surface area (Å²) < 4.78 is 1.28. The number of carbonyl (C=O) groups is 4. The lowest BCUT2D eigenvalue weighted by Gasteiger charge is -2.24. The van der Waals surface area contributed by atoms with Crippen LogP contribution in [0, 0.1) is 6.92 Å². The van der Waals surface area contributed by atoms with Gasteiger partial charge in [-0.2, -0.15) is 0 Å². The summed E-state index contributed by atoms with van der Waals surface area (Å²) in [6.07, 6.45) is 0.335. The van der Waals surface area contributed by atoms with Crippen LogP contribution in [0.2, 0.25) is 0 Å². The third-order valence-electron chi connectivity index (χ3n) is 5.47. The zero-order valence-corrected chi connectivity index (χ0v) is 17.6. The Bertz CT molecular complexity index is 1360. The molecule has 1 aliphatic rings. The van der Waals surface area contributed by atoms with Crippen molar-refractivity contribution >= 4 is 40.3 Å². The summed E-state index contributed by atoms with van der Waals surface area (Å²) in [6.45, 7) is 1.59. The van der Waals surface area contributed by atoms with E-state index in [1.54, 1.807) is 37.3 Å². The molecule has 1 atom stereocenters. The normalized spacial score (nSPS) is 15.8. The average molecular weight is 448 g/mol. The minimum Gasteiger partial charge on any atom is -0.478 e. The lowest BCUT2D eigenvalue weighted by Crippen LogP contribution is -2.45. The Balaban J connectivity index is 1.62. The first-order chi connectivity index (χ1) is 15.7. The Kier molecular flexibility index (Phi) is 5.74. The average Bonchev–Trinajstić information content (AvgIpc) is 2.76. The third kappa shape index (κ3) is 4.36. The minimum atomic E-state index is -1.05. The Morgan fingerprint density at radius 1 is 1.15 bits per heavy atom. The largest absolute Gasteiger partial charge is 0.478 e. The summed E-state index contributed by atoms with van der Waals surface area (Å²) in [5, 5.41) is 14.2. The predicted molar refractivity (Wildman–Crippen MR) is 118 cm³/mol. The molecule has 1 unspecified atom stereocenters. The summed E-state index contributed by atoms with van der Waals surface area (Å²) in [4.78, 5) is 64.9. The van der Waals surface area contributed by atoms with Crippen molar-refractivity contribution < 1.29 is 24.3 Å². The minimum absolute atomic E-state index is 0.00259. The van der Waals surface area contributed by atoms with Gasteiger partial charge in [0.05, 0.1) is 23.1 Å². The zero-order valence-electron chi connectivity index (χ0n) is 17.6. The molecule has 3 N–H and O–H groups in total. The fraction of sp³-hybridized carbons (Fsp3) is 0.217. The number of carbonyl (C=O) groups excluding carboxylic acids is 3. The van der Waals surface area contributed by atoms with E-state index in [1.165, 1.54) is 16.7 Å². The number of para-hydroxylation sites is 1. The number of benzene rings is 2. The van der Waals surface area contributed by atoms with Crippen LogP contribution in [0.4, 0.5) is 5.69 Å². The Morgan fingerprint density at radius 3 is 2.55 bits per heavy atom. The highest BCUT2D eigenvalue weighted by molar-refractivity contribution is 6.01. The highest BCUT2D eigenvalue weighted by Crippen LogP contribution is 2.23. The van der Waals surface area contributed by atoms with Gasteiger partial charge in [-0.15, -0.1) is 0 Å². The van der Waals surface area contributed by atoms with Crippen LogP contribution < -0.4 is 16.2 Å². The number of nitrogens with zero attached hydrogens (tertiary/aromatic N) is 2. The Hall–Kier alpha value is -4.34. The maximum atomic E-state index is 13.2. The summed E-state index contributed by atoms with van der Waals surface area (Å²) in [6, 6.07) is 9.92. The van der Waals surface area contributed by atoms with E-state index in [4.69, 9.17) is 5.11 Å². The summed E-state index contributed by atoms with van der Waals surface area (Å²) in [7, 11) is 0. The number of rotatable bonds is 5. The van der Waals surface area contributed by atoms with Gasteiger partial charge in [-0.3, -0.25) is 29.1 Å². The second-order valence-electron chi connectivity index (χ2n) is 7.73. The molecule has 0 spiro atoms. The molecule has 0 saturated carbocycles. The van der Waals surface area contributed by atoms with E-state index in [9.17, 15) is 24.0 Å². The first-order valence-electron chi connectivity index (χ1n) is 10.2. The zero-order chi connectivity index (χ0) is 23.7. The van der Waals surface area contributed by atoms with E-state index >= 15 is 0 Å². The topological polar surface area (TPSA) is 147 Å². The van der Waals surface area contributed by atoms with E-state index in [2.05, 4.69) is 15.6 Å². The summed E-state index contributed by atoms with van der Waals surface area (Å²) in [5.41, 5.74) is 0.947. The molecular weight excluding hydrogens is 428 g/mol. The third-order valence-corrected chi connectivity index (χ3v) is 5.47. The molecule has 10 nitrogen and oxygen atoms in total. The maximum Gasteiger partial charge on any atom is 0.335 e. The first-order valence-corrected chi connectivity index (χ1v) is 10.2. The van der Waals surface area contributed by atoms with Crippen molar-refractivity contribution in [2.24, 2.45) is 0 Å². The van der Waals surface area contributed by atoms with Crippen molar-refractivity contribution in [1.29, 1.82) is 0 Å². The van der Waals surface area contributed by atoms with Gasteiger partial charge in [-0.25, -0.2) is 9.78 Å². The SMILES string of the molecule is Cc1nc2c(NC(=O)Cc3ccc(C(=O)O)cc3)cccc2c(=O)n1C1CCC(=O)NC1=O. The monoisotopic (exact) mass is 448 g/mol. The smallest absolute Gasteiger partial charge is 0.335 e. The molecule has 1 aromatic heterocycles. The van der Waals surface area contributed by atoms with Gasteiger partial charge in [-0.05, 0) is 43.2 Å². The number of anilines is 1. The van der Waals surface area contributed by atoms with Crippen molar-refractivity contribution in [1.82, 2.24) is 14.9 Å².